The minimum absolute atomic E-state index is 0.000987. The van der Waals surface area contributed by atoms with Crippen LogP contribution in [0.3, 0.4) is 0 Å². The summed E-state index contributed by atoms with van der Waals surface area (Å²) in [6.07, 6.45) is 5.88. The highest BCUT2D eigenvalue weighted by Crippen LogP contribution is 2.41. The normalized spacial score (nSPS) is 22.4. The predicted molar refractivity (Wildman–Crippen MR) is 117 cm³/mol. The smallest absolute Gasteiger partial charge is 0.316 e. The molecule has 2 aliphatic rings. The van der Waals surface area contributed by atoms with Gasteiger partial charge < -0.3 is 18.9 Å². The van der Waals surface area contributed by atoms with Gasteiger partial charge in [-0.3, -0.25) is 9.59 Å². The van der Waals surface area contributed by atoms with Crippen LogP contribution in [0.1, 0.15) is 31.1 Å². The Bertz CT molecular complexity index is 863. The lowest BCUT2D eigenvalue weighted by atomic mass is 9.77. The summed E-state index contributed by atoms with van der Waals surface area (Å²) in [6.45, 7) is 5.69. The molecule has 0 radical (unpaired) electrons. The van der Waals surface area contributed by atoms with Crippen LogP contribution in [0.25, 0.3) is 0 Å². The molecule has 0 aromatic heterocycles. The topological polar surface area (TPSA) is 74.4 Å². The van der Waals surface area contributed by atoms with Crippen molar-refractivity contribution in [2.75, 3.05) is 20.8 Å². The van der Waals surface area contributed by atoms with E-state index in [0.717, 1.165) is 5.57 Å². The Balaban J connectivity index is 1.83. The van der Waals surface area contributed by atoms with E-state index in [0.29, 0.717) is 17.1 Å². The molecule has 5 unspecified atom stereocenters. The van der Waals surface area contributed by atoms with Gasteiger partial charge in [0.2, 0.25) is 0 Å². The van der Waals surface area contributed by atoms with Gasteiger partial charge in [0.1, 0.15) is 35.9 Å². The molecule has 3 rings (SSSR count). The molecule has 1 heterocycles. The third kappa shape index (κ3) is 4.30. The van der Waals surface area contributed by atoms with Crippen molar-refractivity contribution in [2.45, 2.75) is 38.1 Å². The summed E-state index contributed by atoms with van der Waals surface area (Å²) in [7, 11) is 5.54. The van der Waals surface area contributed by atoms with Crippen LogP contribution in [-0.4, -0.2) is 49.9 Å². The molecule has 0 amide bonds. The number of ketones is 1. The molecule has 1 aliphatic heterocycles. The Kier molecular flexibility index (Phi) is 6.68. The third-order valence-electron chi connectivity index (χ3n) is 5.58. The molecule has 1 fully saturated rings. The number of allylic oxidation sites excluding steroid dienone is 2. The molecule has 0 bridgehead atoms. The number of carbonyl (C=O) groups excluding carboxylic acids is 2. The van der Waals surface area contributed by atoms with E-state index in [9.17, 15) is 9.59 Å². The average Bonchev–Trinajstić information content (AvgIpc) is 3.51. The van der Waals surface area contributed by atoms with Gasteiger partial charge in [-0.2, -0.15) is 0 Å². The van der Waals surface area contributed by atoms with Gasteiger partial charge in [0.25, 0.3) is 0 Å². The van der Waals surface area contributed by atoms with Crippen LogP contribution in [0.2, 0.25) is 0 Å². The lowest BCUT2D eigenvalue weighted by Crippen LogP contribution is -2.45. The molecule has 6 nitrogen and oxygen atoms in total. The fourth-order valence-corrected chi connectivity index (χ4v) is 4.65. The van der Waals surface area contributed by atoms with E-state index in [4.69, 9.17) is 18.9 Å². The standard InChI is InChI=1S/C23H29O6P/c1-13(2)19(20(24)18-15(26-4)9-7-10-16(18)27-5)23(3,30)22(25)28-12-14-8-6-11-17-21(14)29-17/h6-11,13,17,19,21H,12,30H2,1-5H3. The molecule has 1 aliphatic carbocycles. The second kappa shape index (κ2) is 8.91. The Morgan fingerprint density at radius 2 is 1.83 bits per heavy atom. The maximum atomic E-state index is 13.6. The molecule has 0 saturated carbocycles. The van der Waals surface area contributed by atoms with Crippen LogP contribution < -0.4 is 9.47 Å². The van der Waals surface area contributed by atoms with Crippen LogP contribution in [0.4, 0.5) is 0 Å². The van der Waals surface area contributed by atoms with Crippen molar-refractivity contribution in [1.29, 1.82) is 0 Å². The van der Waals surface area contributed by atoms with Crippen LogP contribution in [-0.2, 0) is 14.3 Å². The highest BCUT2D eigenvalue weighted by atomic mass is 31.0. The Morgan fingerprint density at radius 1 is 1.20 bits per heavy atom. The second-order valence-corrected chi connectivity index (χ2v) is 9.33. The van der Waals surface area contributed by atoms with Gasteiger partial charge >= 0.3 is 5.97 Å². The quantitative estimate of drug-likeness (QED) is 0.257. The van der Waals surface area contributed by atoms with Crippen molar-refractivity contribution in [1.82, 2.24) is 0 Å². The molecule has 0 spiro atoms. The van der Waals surface area contributed by atoms with Crippen molar-refractivity contribution < 1.29 is 28.5 Å². The molecule has 5 atom stereocenters. The van der Waals surface area contributed by atoms with E-state index in [1.165, 1.54) is 14.2 Å². The zero-order chi connectivity index (χ0) is 22.1. The number of methoxy groups -OCH3 is 2. The average molecular weight is 432 g/mol. The van der Waals surface area contributed by atoms with Crippen molar-refractivity contribution in [2.24, 2.45) is 11.8 Å². The number of esters is 1. The molecule has 7 heteroatoms. The van der Waals surface area contributed by atoms with Gasteiger partial charge in [0, 0.05) is 5.92 Å². The lowest BCUT2D eigenvalue weighted by Gasteiger charge is -2.34. The number of hydrogen-bond acceptors (Lipinski definition) is 6. The van der Waals surface area contributed by atoms with Crippen molar-refractivity contribution in [3.8, 4) is 11.5 Å². The summed E-state index contributed by atoms with van der Waals surface area (Å²) in [4.78, 5) is 26.7. The van der Waals surface area contributed by atoms with Crippen LogP contribution in [0, 0.1) is 11.8 Å². The highest BCUT2D eigenvalue weighted by molar-refractivity contribution is 7.21. The van der Waals surface area contributed by atoms with Gasteiger partial charge in [-0.25, -0.2) is 0 Å². The summed E-state index contributed by atoms with van der Waals surface area (Å²) in [6, 6.07) is 5.17. The van der Waals surface area contributed by atoms with Gasteiger partial charge in [-0.05, 0) is 30.5 Å². The van der Waals surface area contributed by atoms with Crippen molar-refractivity contribution >= 4 is 21.0 Å². The molecular formula is C23H29O6P. The molecule has 30 heavy (non-hydrogen) atoms. The fraction of sp³-hybridized carbons (Fsp3) is 0.478. The number of carbonyl (C=O) groups is 2. The largest absolute Gasteiger partial charge is 0.496 e. The van der Waals surface area contributed by atoms with Gasteiger partial charge in [-0.1, -0.05) is 38.1 Å². The first-order chi connectivity index (χ1) is 14.2. The first kappa shape index (κ1) is 22.5. The number of hydrogen-bond donors (Lipinski definition) is 0. The zero-order valence-electron chi connectivity index (χ0n) is 18.0. The summed E-state index contributed by atoms with van der Waals surface area (Å²) in [5.41, 5.74) is 1.26. The first-order valence-electron chi connectivity index (χ1n) is 9.96. The van der Waals surface area contributed by atoms with E-state index in [-0.39, 0.29) is 30.5 Å². The SMILES string of the molecule is COc1cccc(OC)c1C(=O)C(C(C)C)C(C)(P)C(=O)OCC1=CC=CC2OC12. The van der Waals surface area contributed by atoms with Crippen molar-refractivity contribution in [3.63, 3.8) is 0 Å². The van der Waals surface area contributed by atoms with E-state index < -0.39 is 17.0 Å². The van der Waals surface area contributed by atoms with Gasteiger partial charge in [-0.15, -0.1) is 9.24 Å². The highest BCUT2D eigenvalue weighted by Gasteiger charge is 2.47. The van der Waals surface area contributed by atoms with E-state index in [2.05, 4.69) is 9.24 Å². The first-order valence-corrected chi connectivity index (χ1v) is 10.5. The number of rotatable bonds is 9. The number of ether oxygens (including phenoxy) is 4. The number of epoxide rings is 1. The monoisotopic (exact) mass is 432 g/mol. The Labute approximate surface area is 179 Å². The molecule has 162 valence electrons. The predicted octanol–water partition coefficient (Wildman–Crippen LogP) is 3.60. The van der Waals surface area contributed by atoms with E-state index in [1.54, 1.807) is 25.1 Å². The van der Waals surface area contributed by atoms with Crippen LogP contribution >= 0.6 is 9.24 Å². The molecule has 1 aromatic carbocycles. The van der Waals surface area contributed by atoms with Gasteiger partial charge in [0.05, 0.1) is 19.4 Å². The van der Waals surface area contributed by atoms with Crippen LogP contribution in [0.15, 0.2) is 42.0 Å². The summed E-state index contributed by atoms with van der Waals surface area (Å²) in [5.74, 6) is -0.647. The summed E-state index contributed by atoms with van der Waals surface area (Å²) < 4.78 is 21.9. The Morgan fingerprint density at radius 3 is 2.40 bits per heavy atom. The maximum Gasteiger partial charge on any atom is 0.316 e. The number of fused-ring (bicyclic) bond motifs is 1. The fourth-order valence-electron chi connectivity index (χ4n) is 4.03. The summed E-state index contributed by atoms with van der Waals surface area (Å²) >= 11 is 0. The molecule has 0 N–H and O–H groups in total. The number of benzene rings is 1. The molecule has 1 saturated heterocycles. The lowest BCUT2D eigenvalue weighted by molar-refractivity contribution is -0.146. The second-order valence-electron chi connectivity index (χ2n) is 8.13. The maximum absolute atomic E-state index is 13.6. The third-order valence-corrected chi connectivity index (χ3v) is 6.18. The van der Waals surface area contributed by atoms with Crippen LogP contribution in [0.5, 0.6) is 11.5 Å². The molecular weight excluding hydrogens is 403 g/mol. The molecule has 1 aromatic rings. The zero-order valence-corrected chi connectivity index (χ0v) is 19.2. The Hall–Kier alpha value is -2.17. The van der Waals surface area contributed by atoms with E-state index in [1.807, 2.05) is 32.1 Å². The van der Waals surface area contributed by atoms with E-state index >= 15 is 0 Å². The van der Waals surface area contributed by atoms with Gasteiger partial charge in [0.15, 0.2) is 5.78 Å². The minimum atomic E-state index is -1.13. The summed E-state index contributed by atoms with van der Waals surface area (Å²) in [5, 5.41) is -1.13. The van der Waals surface area contributed by atoms with Crippen molar-refractivity contribution in [3.05, 3.63) is 47.6 Å². The minimum Gasteiger partial charge on any atom is -0.496 e. The number of Topliss-reactive ketones (excluding diaryl/α,β-unsaturated/α-hetero) is 1.